The molecule has 0 N–H and O–H groups in total. The summed E-state index contributed by atoms with van der Waals surface area (Å²) in [6, 6.07) is 18.2. The molecule has 1 saturated heterocycles. The van der Waals surface area contributed by atoms with Crippen LogP contribution in [-0.2, 0) is 22.9 Å². The third-order valence-electron chi connectivity index (χ3n) is 4.92. The molecule has 2 aromatic carbocycles. The third-order valence-corrected chi connectivity index (χ3v) is 15.9. The molecule has 1 aliphatic heterocycles. The van der Waals surface area contributed by atoms with E-state index < -0.39 is 22.9 Å². The van der Waals surface area contributed by atoms with Gasteiger partial charge in [-0.15, -0.1) is 0 Å². The van der Waals surface area contributed by atoms with Crippen LogP contribution in [-0.4, -0.2) is 6.66 Å². The minimum atomic E-state index is -0.789. The first-order chi connectivity index (χ1) is 10.3. The van der Waals surface area contributed by atoms with Crippen molar-refractivity contribution in [3.8, 4) is 0 Å². The van der Waals surface area contributed by atoms with Crippen molar-refractivity contribution in [1.82, 2.24) is 0 Å². The number of allylic oxidation sites excluding steroid dienone is 2. The standard InChI is InChI=1S/C19H15P.2ClH.Hf/c1-20(18-10-14-6-2-3-7-15(14)11-18)19-12-16-8-4-5-9-17(16)13-19;;;/h2-13H,1H3;2*1H;/q;;;+2/p-2. The largest absolute Gasteiger partial charge is 1.00 e. The summed E-state index contributed by atoms with van der Waals surface area (Å²) < 4.78 is 1.70. The molecular weight excluding hydrogens is 509 g/mol. The molecule has 23 heavy (non-hydrogen) atoms. The summed E-state index contributed by atoms with van der Waals surface area (Å²) in [5.74, 6) is 0. The van der Waals surface area contributed by atoms with Crippen LogP contribution in [0.3, 0.4) is 0 Å². The number of rotatable bonds is 0. The number of hydrogen-bond acceptors (Lipinski definition) is 0. The van der Waals surface area contributed by atoms with Crippen LogP contribution in [0.1, 0.15) is 29.6 Å². The molecule has 2 aromatic rings. The van der Waals surface area contributed by atoms with Gasteiger partial charge in [0.25, 0.3) is 0 Å². The maximum Gasteiger partial charge on any atom is -1.00 e. The first-order valence-corrected chi connectivity index (χ1v) is 13.4. The first kappa shape index (κ1) is 17.6. The molecule has 2 aliphatic carbocycles. The zero-order valence-electron chi connectivity index (χ0n) is 12.6. The summed E-state index contributed by atoms with van der Waals surface area (Å²) in [6.45, 7) is 2.49. The number of hydrogen-bond donors (Lipinski definition) is 0. The van der Waals surface area contributed by atoms with Crippen LogP contribution in [0.5, 0.6) is 0 Å². The van der Waals surface area contributed by atoms with E-state index in [1.165, 1.54) is 11.1 Å². The van der Waals surface area contributed by atoms with E-state index in [0.29, 0.717) is 0 Å². The van der Waals surface area contributed by atoms with Crippen LogP contribution in [0.4, 0.5) is 0 Å². The third kappa shape index (κ3) is 2.56. The monoisotopic (exact) mass is 524 g/mol. The van der Waals surface area contributed by atoms with E-state index in [-0.39, 0.29) is 32.7 Å². The molecule has 0 nitrogen and oxygen atoms in total. The zero-order chi connectivity index (χ0) is 14.0. The van der Waals surface area contributed by atoms with Gasteiger partial charge in [0.05, 0.1) is 0 Å². The molecule has 1 heterocycles. The van der Waals surface area contributed by atoms with Crippen molar-refractivity contribution >= 4 is 20.1 Å². The number of fused-ring (bicyclic) bond motifs is 6. The molecule has 0 aromatic heterocycles. The molecule has 2 atom stereocenters. The van der Waals surface area contributed by atoms with E-state index in [4.69, 9.17) is 0 Å². The maximum absolute atomic E-state index is 2.53. The summed E-state index contributed by atoms with van der Waals surface area (Å²) >= 11 is -0.789. The molecule has 114 valence electrons. The van der Waals surface area contributed by atoms with Crippen molar-refractivity contribution in [1.29, 1.82) is 0 Å². The van der Waals surface area contributed by atoms with Crippen molar-refractivity contribution < 1.29 is 47.7 Å². The molecular formula is C19H15Cl2HfP. The SMILES string of the molecule is CP1C2=Cc3ccccc3[CH]2[Hf+2][CH]2C1=Cc1ccccc12.[Cl-].[Cl-]. The van der Waals surface area contributed by atoms with E-state index in [0.717, 1.165) is 7.35 Å². The Bertz CT molecular complexity index is 760. The molecule has 3 aliphatic rings. The van der Waals surface area contributed by atoms with Crippen molar-refractivity contribution in [2.75, 3.05) is 6.66 Å². The van der Waals surface area contributed by atoms with Crippen molar-refractivity contribution in [2.24, 2.45) is 0 Å². The topological polar surface area (TPSA) is 0 Å². The molecule has 0 saturated carbocycles. The number of benzene rings is 2. The fraction of sp³-hybridized carbons (Fsp3) is 0.158. The first-order valence-electron chi connectivity index (χ1n) is 7.44. The van der Waals surface area contributed by atoms with Crippen LogP contribution in [0.2, 0.25) is 0 Å². The normalized spacial score (nSPS) is 25.0. The van der Waals surface area contributed by atoms with Gasteiger partial charge < -0.3 is 24.8 Å². The van der Waals surface area contributed by atoms with Crippen LogP contribution in [0.15, 0.2) is 59.2 Å². The average molecular weight is 524 g/mol. The second-order valence-corrected chi connectivity index (χ2v) is 13.5. The van der Waals surface area contributed by atoms with Gasteiger partial charge in [0.15, 0.2) is 0 Å². The van der Waals surface area contributed by atoms with E-state index in [9.17, 15) is 0 Å². The van der Waals surface area contributed by atoms with Crippen LogP contribution >= 0.6 is 7.92 Å². The van der Waals surface area contributed by atoms with Gasteiger partial charge in [-0.1, -0.05) is 0 Å². The minimum Gasteiger partial charge on any atom is -1.00 e. The molecule has 5 rings (SSSR count). The van der Waals surface area contributed by atoms with Crippen LogP contribution in [0, 0.1) is 0 Å². The second-order valence-electron chi connectivity index (χ2n) is 5.99. The van der Waals surface area contributed by atoms with Crippen LogP contribution in [0.25, 0.3) is 12.2 Å². The van der Waals surface area contributed by atoms with E-state index in [2.05, 4.69) is 67.3 Å². The summed E-state index contributed by atoms with van der Waals surface area (Å²) in [6.07, 6.45) is 5.05. The Labute approximate surface area is 162 Å². The van der Waals surface area contributed by atoms with Crippen molar-refractivity contribution in [3.63, 3.8) is 0 Å². The minimum absolute atomic E-state index is 0. The second kappa shape index (κ2) is 6.60. The summed E-state index contributed by atoms with van der Waals surface area (Å²) in [7, 11) is -0.0943. The summed E-state index contributed by atoms with van der Waals surface area (Å²) in [5, 5.41) is 3.56. The van der Waals surface area contributed by atoms with Crippen molar-refractivity contribution in [2.45, 2.75) is 7.35 Å². The van der Waals surface area contributed by atoms with Gasteiger partial charge in [-0.25, -0.2) is 0 Å². The van der Waals surface area contributed by atoms with E-state index in [1.54, 1.807) is 21.8 Å². The molecule has 0 spiro atoms. The molecule has 0 bridgehead atoms. The summed E-state index contributed by atoms with van der Waals surface area (Å²) in [4.78, 5) is 0. The van der Waals surface area contributed by atoms with Gasteiger partial charge in [0.1, 0.15) is 0 Å². The Morgan fingerprint density at radius 2 is 1.17 bits per heavy atom. The molecule has 2 unspecified atom stereocenters. The Morgan fingerprint density at radius 1 is 0.739 bits per heavy atom. The predicted octanol–water partition coefficient (Wildman–Crippen LogP) is -0.606. The van der Waals surface area contributed by atoms with E-state index >= 15 is 0 Å². The smallest absolute Gasteiger partial charge is 1.00 e. The quantitative estimate of drug-likeness (QED) is 0.320. The van der Waals surface area contributed by atoms with Gasteiger partial charge >= 0.3 is 138 Å². The van der Waals surface area contributed by atoms with Gasteiger partial charge in [-0.2, -0.15) is 0 Å². The molecule has 0 radical (unpaired) electrons. The van der Waals surface area contributed by atoms with Crippen molar-refractivity contribution in [3.05, 3.63) is 81.4 Å². The van der Waals surface area contributed by atoms with Gasteiger partial charge in [0.2, 0.25) is 0 Å². The Balaban J connectivity index is 0.000000781. The Hall–Kier alpha value is -0.200. The fourth-order valence-electron chi connectivity index (χ4n) is 3.86. The zero-order valence-corrected chi connectivity index (χ0v) is 18.6. The average Bonchev–Trinajstić information content (AvgIpc) is 3.07. The predicted molar refractivity (Wildman–Crippen MR) is 87.2 cm³/mol. The Kier molecular flexibility index (Phi) is 5.06. The van der Waals surface area contributed by atoms with Gasteiger partial charge in [-0.3, -0.25) is 0 Å². The van der Waals surface area contributed by atoms with Crippen LogP contribution < -0.4 is 24.8 Å². The molecule has 0 amide bonds. The van der Waals surface area contributed by atoms with E-state index in [1.807, 2.05) is 0 Å². The van der Waals surface area contributed by atoms with Gasteiger partial charge in [0, 0.05) is 0 Å². The maximum atomic E-state index is 2.53. The Morgan fingerprint density at radius 3 is 1.65 bits per heavy atom. The number of halogens is 2. The fourth-order valence-corrected chi connectivity index (χ4v) is 17.5. The van der Waals surface area contributed by atoms with Gasteiger partial charge in [-0.05, 0) is 0 Å². The summed E-state index contributed by atoms with van der Waals surface area (Å²) in [5.41, 5.74) is 6.31. The molecule has 4 heteroatoms. The molecule has 1 fully saturated rings.